The molecule has 1 heterocycles. The van der Waals surface area contributed by atoms with Gasteiger partial charge in [-0.25, -0.2) is 8.42 Å². The summed E-state index contributed by atoms with van der Waals surface area (Å²) < 4.78 is 23.4. The van der Waals surface area contributed by atoms with Gasteiger partial charge in [-0.05, 0) is 46.1 Å². The number of nitrogens with zero attached hydrogens (tertiary/aromatic N) is 1. The number of carboxylic acid groups (broad SMARTS) is 1. The molecule has 7 heteroatoms. The normalized spacial score (nSPS) is 34.0. The summed E-state index contributed by atoms with van der Waals surface area (Å²) in [5.41, 5.74) is -0.857. The molecule has 0 radical (unpaired) electrons. The third-order valence-corrected chi connectivity index (χ3v) is 6.28. The predicted octanol–water partition coefficient (Wildman–Crippen LogP) is 0.481. The van der Waals surface area contributed by atoms with Crippen molar-refractivity contribution in [3.8, 4) is 0 Å². The Bertz CT molecular complexity index is 491. The number of carbonyl (C=O) groups is 1. The quantitative estimate of drug-likeness (QED) is 0.784. The second kappa shape index (κ2) is 6.22. The third-order valence-electron chi connectivity index (χ3n) is 4.57. The van der Waals surface area contributed by atoms with Crippen LogP contribution in [0.15, 0.2) is 0 Å². The average Bonchev–Trinajstić information content (AvgIpc) is 2.69. The van der Waals surface area contributed by atoms with Gasteiger partial charge in [0.15, 0.2) is 9.84 Å². The highest BCUT2D eigenvalue weighted by Crippen LogP contribution is 2.34. The number of hydrogen-bond acceptors (Lipinski definition) is 5. The molecule has 0 amide bonds. The first-order valence-corrected chi connectivity index (χ1v) is 9.52. The molecule has 2 unspecified atom stereocenters. The van der Waals surface area contributed by atoms with Gasteiger partial charge in [0, 0.05) is 18.6 Å². The van der Waals surface area contributed by atoms with Crippen LogP contribution in [0.4, 0.5) is 0 Å². The molecule has 2 atom stereocenters. The van der Waals surface area contributed by atoms with Crippen molar-refractivity contribution in [2.24, 2.45) is 0 Å². The first kappa shape index (κ1) is 16.7. The molecule has 21 heavy (non-hydrogen) atoms. The van der Waals surface area contributed by atoms with E-state index < -0.39 is 21.3 Å². The van der Waals surface area contributed by atoms with Crippen molar-refractivity contribution in [2.45, 2.75) is 57.2 Å². The molecular formula is C14H26N2O4S. The Morgan fingerprint density at radius 3 is 2.67 bits per heavy atom. The Labute approximate surface area is 126 Å². The SMILES string of the molecule is CC(C)NC1(C(=O)O)CCC(N2CCCS(=O)(=O)CC2)C1. The van der Waals surface area contributed by atoms with Gasteiger partial charge < -0.3 is 5.11 Å². The summed E-state index contributed by atoms with van der Waals surface area (Å²) in [7, 11) is -2.92. The number of carboxylic acids is 1. The molecule has 2 fully saturated rings. The summed E-state index contributed by atoms with van der Waals surface area (Å²) in [6.07, 6.45) is 2.62. The van der Waals surface area contributed by atoms with E-state index in [9.17, 15) is 18.3 Å². The monoisotopic (exact) mass is 318 g/mol. The molecule has 1 saturated heterocycles. The summed E-state index contributed by atoms with van der Waals surface area (Å²) in [5, 5.41) is 12.8. The molecule has 2 aliphatic rings. The van der Waals surface area contributed by atoms with Crippen LogP contribution >= 0.6 is 0 Å². The van der Waals surface area contributed by atoms with Gasteiger partial charge >= 0.3 is 5.97 Å². The molecule has 1 aliphatic carbocycles. The lowest BCUT2D eigenvalue weighted by Crippen LogP contribution is -2.54. The Kier molecular flexibility index (Phi) is 4.95. The van der Waals surface area contributed by atoms with Gasteiger partial charge in [0.25, 0.3) is 0 Å². The number of sulfone groups is 1. The van der Waals surface area contributed by atoms with Crippen molar-refractivity contribution >= 4 is 15.8 Å². The van der Waals surface area contributed by atoms with Crippen LogP contribution in [0.25, 0.3) is 0 Å². The Balaban J connectivity index is 2.05. The molecule has 1 aliphatic heterocycles. The van der Waals surface area contributed by atoms with E-state index in [0.29, 0.717) is 25.8 Å². The maximum atomic E-state index is 11.7. The van der Waals surface area contributed by atoms with Gasteiger partial charge in [0.2, 0.25) is 0 Å². The Hall–Kier alpha value is -0.660. The molecule has 122 valence electrons. The van der Waals surface area contributed by atoms with Gasteiger partial charge in [-0.3, -0.25) is 15.0 Å². The predicted molar refractivity (Wildman–Crippen MR) is 81.1 cm³/mol. The Morgan fingerprint density at radius 1 is 1.33 bits per heavy atom. The minimum atomic E-state index is -2.92. The third kappa shape index (κ3) is 3.96. The standard InChI is InChI=1S/C14H26N2O4S/c1-11(2)15-14(13(17)18)5-4-12(10-14)16-6-3-8-21(19,20)9-7-16/h11-12,15H,3-10H2,1-2H3,(H,17,18). The van der Waals surface area contributed by atoms with Crippen molar-refractivity contribution in [1.82, 2.24) is 10.2 Å². The average molecular weight is 318 g/mol. The van der Waals surface area contributed by atoms with Crippen LogP contribution in [0.5, 0.6) is 0 Å². The van der Waals surface area contributed by atoms with Crippen molar-refractivity contribution in [2.75, 3.05) is 24.6 Å². The lowest BCUT2D eigenvalue weighted by Gasteiger charge is -2.31. The number of rotatable bonds is 4. The van der Waals surface area contributed by atoms with Crippen LogP contribution in [0.1, 0.15) is 39.5 Å². The fraction of sp³-hybridized carbons (Fsp3) is 0.929. The Morgan fingerprint density at radius 2 is 2.05 bits per heavy atom. The van der Waals surface area contributed by atoms with Gasteiger partial charge in [0.1, 0.15) is 5.54 Å². The van der Waals surface area contributed by atoms with E-state index in [1.54, 1.807) is 0 Å². The van der Waals surface area contributed by atoms with E-state index in [-0.39, 0.29) is 23.6 Å². The molecule has 0 aromatic carbocycles. The lowest BCUT2D eigenvalue weighted by atomic mass is 9.96. The first-order valence-electron chi connectivity index (χ1n) is 7.70. The molecule has 0 bridgehead atoms. The zero-order valence-electron chi connectivity index (χ0n) is 12.8. The van der Waals surface area contributed by atoms with Crippen molar-refractivity contribution < 1.29 is 18.3 Å². The van der Waals surface area contributed by atoms with Crippen LogP contribution in [-0.4, -0.2) is 66.6 Å². The van der Waals surface area contributed by atoms with Crippen LogP contribution in [0.2, 0.25) is 0 Å². The van der Waals surface area contributed by atoms with Crippen LogP contribution in [-0.2, 0) is 14.6 Å². The summed E-state index contributed by atoms with van der Waals surface area (Å²) in [6.45, 7) is 5.19. The summed E-state index contributed by atoms with van der Waals surface area (Å²) >= 11 is 0. The van der Waals surface area contributed by atoms with Gasteiger partial charge in [0.05, 0.1) is 11.5 Å². The minimum absolute atomic E-state index is 0.115. The van der Waals surface area contributed by atoms with E-state index in [0.717, 1.165) is 13.0 Å². The number of nitrogens with one attached hydrogen (secondary N) is 1. The molecular weight excluding hydrogens is 292 g/mol. The number of aliphatic carboxylic acids is 1. The molecule has 0 aromatic heterocycles. The highest BCUT2D eigenvalue weighted by atomic mass is 32.2. The topological polar surface area (TPSA) is 86.7 Å². The van der Waals surface area contributed by atoms with Crippen LogP contribution < -0.4 is 5.32 Å². The molecule has 2 rings (SSSR count). The van der Waals surface area contributed by atoms with E-state index in [2.05, 4.69) is 10.2 Å². The molecule has 1 saturated carbocycles. The summed E-state index contributed by atoms with van der Waals surface area (Å²) in [5.74, 6) is -0.340. The fourth-order valence-corrected chi connectivity index (χ4v) is 4.88. The summed E-state index contributed by atoms with van der Waals surface area (Å²) in [6, 6.07) is 0.282. The highest BCUT2D eigenvalue weighted by Gasteiger charge is 2.47. The van der Waals surface area contributed by atoms with Gasteiger partial charge in [-0.1, -0.05) is 0 Å². The van der Waals surface area contributed by atoms with E-state index in [1.165, 1.54) is 0 Å². The maximum Gasteiger partial charge on any atom is 0.323 e. The zero-order chi connectivity index (χ0) is 15.7. The lowest BCUT2D eigenvalue weighted by molar-refractivity contribution is -0.145. The van der Waals surface area contributed by atoms with Crippen molar-refractivity contribution in [3.63, 3.8) is 0 Å². The molecule has 0 aromatic rings. The maximum absolute atomic E-state index is 11.7. The largest absolute Gasteiger partial charge is 0.480 e. The van der Waals surface area contributed by atoms with Gasteiger partial charge in [-0.15, -0.1) is 0 Å². The highest BCUT2D eigenvalue weighted by molar-refractivity contribution is 7.91. The second-order valence-electron chi connectivity index (χ2n) is 6.62. The second-order valence-corrected chi connectivity index (χ2v) is 8.93. The van der Waals surface area contributed by atoms with Crippen molar-refractivity contribution in [3.05, 3.63) is 0 Å². The van der Waals surface area contributed by atoms with Crippen LogP contribution in [0, 0.1) is 0 Å². The zero-order valence-corrected chi connectivity index (χ0v) is 13.7. The van der Waals surface area contributed by atoms with Crippen molar-refractivity contribution in [1.29, 1.82) is 0 Å². The summed E-state index contributed by atoms with van der Waals surface area (Å²) in [4.78, 5) is 13.9. The fourth-order valence-electron chi connectivity index (χ4n) is 3.59. The molecule has 0 spiro atoms. The van der Waals surface area contributed by atoms with E-state index in [4.69, 9.17) is 0 Å². The number of hydrogen-bond donors (Lipinski definition) is 2. The first-order chi connectivity index (χ1) is 9.74. The van der Waals surface area contributed by atoms with E-state index in [1.807, 2.05) is 13.8 Å². The van der Waals surface area contributed by atoms with Crippen LogP contribution in [0.3, 0.4) is 0 Å². The molecule has 2 N–H and O–H groups in total. The van der Waals surface area contributed by atoms with Gasteiger partial charge in [-0.2, -0.15) is 0 Å². The minimum Gasteiger partial charge on any atom is -0.480 e. The van der Waals surface area contributed by atoms with E-state index >= 15 is 0 Å². The smallest absolute Gasteiger partial charge is 0.323 e. The molecule has 6 nitrogen and oxygen atoms in total.